The highest BCUT2D eigenvalue weighted by Gasteiger charge is 2.20. The van der Waals surface area contributed by atoms with E-state index in [2.05, 4.69) is 17.3 Å². The Morgan fingerprint density at radius 2 is 2.14 bits per heavy atom. The second kappa shape index (κ2) is 5.32. The molecule has 1 rings (SSSR count). The van der Waals surface area contributed by atoms with Gasteiger partial charge in [0.05, 0.1) is 0 Å². The fourth-order valence-electron chi connectivity index (χ4n) is 1.92. The lowest BCUT2D eigenvalue weighted by Crippen LogP contribution is -2.44. The average Bonchev–Trinajstić information content (AvgIpc) is 2.19. The van der Waals surface area contributed by atoms with Crippen LogP contribution in [-0.2, 0) is 4.79 Å². The highest BCUT2D eigenvalue weighted by molar-refractivity contribution is 5.76. The monoisotopic (exact) mass is 199 g/mol. The van der Waals surface area contributed by atoms with Gasteiger partial charge in [-0.3, -0.25) is 4.79 Å². The van der Waals surface area contributed by atoms with E-state index in [-0.39, 0.29) is 11.8 Å². The summed E-state index contributed by atoms with van der Waals surface area (Å²) in [5.41, 5.74) is 5.24. The van der Waals surface area contributed by atoms with Gasteiger partial charge in [0.25, 0.3) is 0 Å². The second-order valence-corrected chi connectivity index (χ2v) is 4.22. The third kappa shape index (κ3) is 3.27. The molecule has 0 saturated carbocycles. The lowest BCUT2D eigenvalue weighted by atomic mass is 10.0. The number of hydrogen-bond donors (Lipinski definition) is 2. The van der Waals surface area contributed by atoms with Crippen molar-refractivity contribution >= 4 is 5.91 Å². The molecule has 3 N–H and O–H groups in total. The van der Waals surface area contributed by atoms with E-state index in [1.54, 1.807) is 0 Å². The Morgan fingerprint density at radius 3 is 2.64 bits per heavy atom. The molecule has 0 aromatic heterocycles. The molecule has 0 aromatic rings. The molecule has 1 fully saturated rings. The first kappa shape index (κ1) is 11.5. The Hall–Kier alpha value is -0.610. The first-order valence-corrected chi connectivity index (χ1v) is 5.31. The van der Waals surface area contributed by atoms with E-state index in [0.29, 0.717) is 6.04 Å². The van der Waals surface area contributed by atoms with Crippen LogP contribution < -0.4 is 11.1 Å². The van der Waals surface area contributed by atoms with Crippen molar-refractivity contribution in [1.29, 1.82) is 0 Å². The van der Waals surface area contributed by atoms with Crippen molar-refractivity contribution in [2.45, 2.75) is 25.8 Å². The normalized spacial score (nSPS) is 21.1. The molecule has 1 aliphatic heterocycles. The molecule has 0 bridgehead atoms. The predicted molar refractivity (Wildman–Crippen MR) is 56.9 cm³/mol. The molecule has 0 spiro atoms. The number of piperidine rings is 1. The van der Waals surface area contributed by atoms with Gasteiger partial charge in [-0.2, -0.15) is 0 Å². The van der Waals surface area contributed by atoms with Crippen molar-refractivity contribution in [3.8, 4) is 0 Å². The molecule has 0 aromatic carbocycles. The van der Waals surface area contributed by atoms with Crippen molar-refractivity contribution < 1.29 is 4.79 Å². The van der Waals surface area contributed by atoms with Gasteiger partial charge in [0.2, 0.25) is 5.91 Å². The molecule has 1 unspecified atom stereocenters. The van der Waals surface area contributed by atoms with Crippen molar-refractivity contribution in [2.75, 3.05) is 26.7 Å². The summed E-state index contributed by atoms with van der Waals surface area (Å²) < 4.78 is 0. The van der Waals surface area contributed by atoms with Gasteiger partial charge < -0.3 is 16.0 Å². The first-order chi connectivity index (χ1) is 6.61. The molecule has 1 amide bonds. The summed E-state index contributed by atoms with van der Waals surface area (Å²) in [6.45, 7) is 4.83. The smallest absolute Gasteiger partial charge is 0.221 e. The number of primary amides is 1. The van der Waals surface area contributed by atoms with Gasteiger partial charge in [-0.05, 0) is 33.0 Å². The minimum absolute atomic E-state index is 0.0464. The molecule has 14 heavy (non-hydrogen) atoms. The van der Waals surface area contributed by atoms with E-state index >= 15 is 0 Å². The summed E-state index contributed by atoms with van der Waals surface area (Å²) in [6, 6.07) is 0.609. The third-order valence-electron chi connectivity index (χ3n) is 2.98. The summed E-state index contributed by atoms with van der Waals surface area (Å²) in [5.74, 6) is -0.249. The number of amides is 1. The number of rotatable bonds is 4. The highest BCUT2D eigenvalue weighted by Crippen LogP contribution is 2.11. The fraction of sp³-hybridized carbons (Fsp3) is 0.900. The SMILES string of the molecule is CC(CN(C)C1CCNCC1)C(N)=O. The summed E-state index contributed by atoms with van der Waals surface area (Å²) in [4.78, 5) is 13.2. The number of carbonyl (C=O) groups is 1. The molecule has 1 atom stereocenters. The van der Waals surface area contributed by atoms with Crippen molar-refractivity contribution in [2.24, 2.45) is 11.7 Å². The van der Waals surface area contributed by atoms with E-state index in [0.717, 1.165) is 19.6 Å². The molecule has 82 valence electrons. The largest absolute Gasteiger partial charge is 0.369 e. The number of carbonyl (C=O) groups excluding carboxylic acids is 1. The number of nitrogens with two attached hydrogens (primary N) is 1. The summed E-state index contributed by atoms with van der Waals surface area (Å²) in [5, 5.41) is 3.33. The van der Waals surface area contributed by atoms with Crippen LogP contribution in [0, 0.1) is 5.92 Å². The Bertz CT molecular complexity index is 190. The Morgan fingerprint density at radius 1 is 1.57 bits per heavy atom. The number of nitrogens with zero attached hydrogens (tertiary/aromatic N) is 1. The Labute approximate surface area is 85.8 Å². The van der Waals surface area contributed by atoms with Gasteiger partial charge in [-0.1, -0.05) is 6.92 Å². The van der Waals surface area contributed by atoms with Crippen molar-refractivity contribution in [3.63, 3.8) is 0 Å². The summed E-state index contributed by atoms with van der Waals surface area (Å²) in [7, 11) is 2.08. The van der Waals surface area contributed by atoms with Gasteiger partial charge in [0.15, 0.2) is 0 Å². The van der Waals surface area contributed by atoms with Crippen LogP contribution in [0.4, 0.5) is 0 Å². The molecule has 1 heterocycles. The number of hydrogen-bond acceptors (Lipinski definition) is 3. The Balaban J connectivity index is 2.32. The summed E-state index contributed by atoms with van der Waals surface area (Å²) in [6.07, 6.45) is 2.34. The third-order valence-corrected chi connectivity index (χ3v) is 2.98. The van der Waals surface area contributed by atoms with Crippen LogP contribution in [0.5, 0.6) is 0 Å². The van der Waals surface area contributed by atoms with Crippen molar-refractivity contribution in [3.05, 3.63) is 0 Å². The van der Waals surface area contributed by atoms with Gasteiger partial charge in [-0.15, -0.1) is 0 Å². The topological polar surface area (TPSA) is 58.4 Å². The molecular formula is C10H21N3O. The standard InChI is InChI=1S/C10H21N3O/c1-8(10(11)14)7-13(2)9-3-5-12-6-4-9/h8-9,12H,3-7H2,1-2H3,(H2,11,14). The summed E-state index contributed by atoms with van der Waals surface area (Å²) >= 11 is 0. The zero-order chi connectivity index (χ0) is 10.6. The molecule has 1 saturated heterocycles. The molecule has 0 radical (unpaired) electrons. The van der Waals surface area contributed by atoms with E-state index in [1.165, 1.54) is 12.8 Å². The van der Waals surface area contributed by atoms with E-state index in [1.807, 2.05) is 6.92 Å². The van der Waals surface area contributed by atoms with Gasteiger partial charge in [0.1, 0.15) is 0 Å². The highest BCUT2D eigenvalue weighted by atomic mass is 16.1. The van der Waals surface area contributed by atoms with E-state index in [4.69, 9.17) is 5.73 Å². The first-order valence-electron chi connectivity index (χ1n) is 5.31. The van der Waals surface area contributed by atoms with Crippen LogP contribution in [0.3, 0.4) is 0 Å². The van der Waals surface area contributed by atoms with Crippen LogP contribution in [0.2, 0.25) is 0 Å². The van der Waals surface area contributed by atoms with Gasteiger partial charge in [0, 0.05) is 18.5 Å². The average molecular weight is 199 g/mol. The van der Waals surface area contributed by atoms with Crippen LogP contribution in [0.25, 0.3) is 0 Å². The molecule has 0 aliphatic carbocycles. The molecule has 1 aliphatic rings. The molecule has 4 heteroatoms. The Kier molecular flexibility index (Phi) is 4.35. The lowest BCUT2D eigenvalue weighted by molar-refractivity contribution is -0.121. The second-order valence-electron chi connectivity index (χ2n) is 4.22. The van der Waals surface area contributed by atoms with E-state index < -0.39 is 0 Å². The minimum atomic E-state index is -0.203. The molecular weight excluding hydrogens is 178 g/mol. The van der Waals surface area contributed by atoms with Gasteiger partial charge in [-0.25, -0.2) is 0 Å². The van der Waals surface area contributed by atoms with Crippen LogP contribution in [-0.4, -0.2) is 43.5 Å². The van der Waals surface area contributed by atoms with E-state index in [9.17, 15) is 4.79 Å². The lowest BCUT2D eigenvalue weighted by Gasteiger charge is -2.32. The molecule has 4 nitrogen and oxygen atoms in total. The van der Waals surface area contributed by atoms with Crippen LogP contribution in [0.1, 0.15) is 19.8 Å². The predicted octanol–water partition coefficient (Wildman–Crippen LogP) is -0.208. The number of nitrogens with one attached hydrogen (secondary N) is 1. The zero-order valence-corrected chi connectivity index (χ0v) is 9.12. The van der Waals surface area contributed by atoms with Crippen LogP contribution >= 0.6 is 0 Å². The maximum atomic E-state index is 10.9. The fourth-order valence-corrected chi connectivity index (χ4v) is 1.92. The van der Waals surface area contributed by atoms with Crippen LogP contribution in [0.15, 0.2) is 0 Å². The minimum Gasteiger partial charge on any atom is -0.369 e. The maximum absolute atomic E-state index is 10.9. The zero-order valence-electron chi connectivity index (χ0n) is 9.12. The van der Waals surface area contributed by atoms with Crippen molar-refractivity contribution in [1.82, 2.24) is 10.2 Å². The maximum Gasteiger partial charge on any atom is 0.221 e. The quantitative estimate of drug-likeness (QED) is 0.659. The van der Waals surface area contributed by atoms with Gasteiger partial charge >= 0.3 is 0 Å².